The van der Waals surface area contributed by atoms with Gasteiger partial charge in [-0.3, -0.25) is 4.79 Å². The Morgan fingerprint density at radius 3 is 2.81 bits per heavy atom. The molecule has 0 aliphatic rings. The molecule has 0 aliphatic heterocycles. The van der Waals surface area contributed by atoms with Crippen molar-refractivity contribution in [2.45, 2.75) is 13.5 Å². The molecule has 82 valence electrons. The van der Waals surface area contributed by atoms with E-state index in [2.05, 4.69) is 15.6 Å². The van der Waals surface area contributed by atoms with E-state index in [4.69, 9.17) is 0 Å². The number of nitrogens with zero attached hydrogens (tertiary/aromatic N) is 3. The van der Waals surface area contributed by atoms with Crippen LogP contribution >= 0.6 is 0 Å². The van der Waals surface area contributed by atoms with E-state index in [0.717, 1.165) is 11.4 Å². The molecule has 1 amide bonds. The molecule has 1 aromatic carbocycles. The Balaban J connectivity index is 2.23. The fourth-order valence-corrected chi connectivity index (χ4v) is 1.38. The third-order valence-electron chi connectivity index (χ3n) is 2.14. The first-order valence-corrected chi connectivity index (χ1v) is 4.97. The summed E-state index contributed by atoms with van der Waals surface area (Å²) in [5.74, 6) is -0.0687. The number of hydrogen-bond donors (Lipinski definition) is 1. The van der Waals surface area contributed by atoms with Crippen LogP contribution in [0.4, 0.5) is 0 Å². The van der Waals surface area contributed by atoms with Gasteiger partial charge in [-0.15, -0.1) is 5.10 Å². The summed E-state index contributed by atoms with van der Waals surface area (Å²) >= 11 is 0. The number of hydrogen-bond acceptors (Lipinski definition) is 3. The summed E-state index contributed by atoms with van der Waals surface area (Å²) in [4.78, 5) is 10.8. The Morgan fingerprint density at radius 2 is 2.12 bits per heavy atom. The highest BCUT2D eigenvalue weighted by molar-refractivity contribution is 5.72. The van der Waals surface area contributed by atoms with E-state index in [1.807, 2.05) is 30.3 Å². The molecule has 0 radical (unpaired) electrons. The summed E-state index contributed by atoms with van der Waals surface area (Å²) in [6.07, 6.45) is 1.64. The van der Waals surface area contributed by atoms with Crippen molar-refractivity contribution in [1.29, 1.82) is 0 Å². The second-order valence-corrected chi connectivity index (χ2v) is 3.38. The van der Waals surface area contributed by atoms with Crippen LogP contribution < -0.4 is 5.32 Å². The molecule has 2 aromatic rings. The highest BCUT2D eigenvalue weighted by Gasteiger charge is 2.05. The van der Waals surface area contributed by atoms with Crippen LogP contribution in [0.25, 0.3) is 5.69 Å². The Bertz CT molecular complexity index is 478. The molecule has 0 saturated carbocycles. The van der Waals surface area contributed by atoms with Gasteiger partial charge < -0.3 is 5.32 Å². The topological polar surface area (TPSA) is 59.8 Å². The Hall–Kier alpha value is -2.17. The van der Waals surface area contributed by atoms with Crippen molar-refractivity contribution in [3.05, 3.63) is 42.2 Å². The first-order valence-electron chi connectivity index (χ1n) is 4.97. The molecule has 1 aromatic heterocycles. The molecule has 2 rings (SSSR count). The fraction of sp³-hybridized carbons (Fsp3) is 0.182. The predicted molar refractivity (Wildman–Crippen MR) is 58.9 cm³/mol. The van der Waals surface area contributed by atoms with Gasteiger partial charge in [0, 0.05) is 6.92 Å². The van der Waals surface area contributed by atoms with Crippen LogP contribution in [0.3, 0.4) is 0 Å². The third-order valence-corrected chi connectivity index (χ3v) is 2.14. The van der Waals surface area contributed by atoms with Gasteiger partial charge in [0.25, 0.3) is 0 Å². The lowest BCUT2D eigenvalue weighted by Crippen LogP contribution is -2.20. The van der Waals surface area contributed by atoms with Gasteiger partial charge in [-0.1, -0.05) is 23.4 Å². The number of aromatic nitrogens is 3. The van der Waals surface area contributed by atoms with Gasteiger partial charge in [-0.2, -0.15) is 0 Å². The second-order valence-electron chi connectivity index (χ2n) is 3.38. The Labute approximate surface area is 93.1 Å². The maximum Gasteiger partial charge on any atom is 0.217 e. The van der Waals surface area contributed by atoms with Gasteiger partial charge in [0.05, 0.1) is 24.1 Å². The lowest BCUT2D eigenvalue weighted by Gasteiger charge is -2.05. The average Bonchev–Trinajstić information content (AvgIpc) is 2.75. The van der Waals surface area contributed by atoms with Crippen LogP contribution in [0.1, 0.15) is 12.6 Å². The zero-order valence-corrected chi connectivity index (χ0v) is 8.92. The third kappa shape index (κ3) is 2.25. The Kier molecular flexibility index (Phi) is 2.95. The number of amides is 1. The standard InChI is InChI=1S/C11H12N4O/c1-9(16)12-7-11-8-13-14-15(11)10-5-3-2-4-6-10/h2-6,8H,7H2,1H3,(H,12,16). The van der Waals surface area contributed by atoms with E-state index in [1.165, 1.54) is 6.92 Å². The van der Waals surface area contributed by atoms with E-state index in [-0.39, 0.29) is 5.91 Å². The predicted octanol–water partition coefficient (Wildman–Crippen LogP) is 0.903. The molecule has 0 atom stereocenters. The number of carbonyl (C=O) groups excluding carboxylic acids is 1. The van der Waals surface area contributed by atoms with Gasteiger partial charge in [0.15, 0.2) is 0 Å². The average molecular weight is 216 g/mol. The van der Waals surface area contributed by atoms with Crippen LogP contribution in [-0.2, 0) is 11.3 Å². The van der Waals surface area contributed by atoms with Crippen LogP contribution in [0, 0.1) is 0 Å². The van der Waals surface area contributed by atoms with Crippen molar-refractivity contribution < 1.29 is 4.79 Å². The summed E-state index contributed by atoms with van der Waals surface area (Å²) < 4.78 is 1.70. The summed E-state index contributed by atoms with van der Waals surface area (Å²) in [6, 6.07) is 9.67. The summed E-state index contributed by atoms with van der Waals surface area (Å²) in [7, 11) is 0. The molecular weight excluding hydrogens is 204 g/mol. The van der Waals surface area contributed by atoms with Crippen molar-refractivity contribution in [3.63, 3.8) is 0 Å². The van der Waals surface area contributed by atoms with Gasteiger partial charge in [-0.05, 0) is 12.1 Å². The maximum atomic E-state index is 10.8. The number of nitrogens with one attached hydrogen (secondary N) is 1. The van der Waals surface area contributed by atoms with Gasteiger partial charge in [0.2, 0.25) is 5.91 Å². The number of para-hydroxylation sites is 1. The number of rotatable bonds is 3. The van der Waals surface area contributed by atoms with Crippen LogP contribution in [0.2, 0.25) is 0 Å². The van der Waals surface area contributed by atoms with E-state index in [1.54, 1.807) is 10.9 Å². The molecule has 5 nitrogen and oxygen atoms in total. The molecule has 0 bridgehead atoms. The first kappa shape index (κ1) is 10.4. The molecule has 0 unspecified atom stereocenters. The number of benzene rings is 1. The van der Waals surface area contributed by atoms with E-state index >= 15 is 0 Å². The lowest BCUT2D eigenvalue weighted by atomic mass is 10.3. The maximum absolute atomic E-state index is 10.8. The summed E-state index contributed by atoms with van der Waals surface area (Å²) in [5.41, 5.74) is 1.78. The monoisotopic (exact) mass is 216 g/mol. The minimum Gasteiger partial charge on any atom is -0.351 e. The minimum atomic E-state index is -0.0687. The van der Waals surface area contributed by atoms with Crippen LogP contribution in [0.15, 0.2) is 36.5 Å². The number of carbonyl (C=O) groups is 1. The fourth-order valence-electron chi connectivity index (χ4n) is 1.38. The minimum absolute atomic E-state index is 0.0687. The van der Waals surface area contributed by atoms with Crippen molar-refractivity contribution in [2.24, 2.45) is 0 Å². The second kappa shape index (κ2) is 4.57. The Morgan fingerprint density at radius 1 is 1.38 bits per heavy atom. The van der Waals surface area contributed by atoms with Crippen molar-refractivity contribution in [3.8, 4) is 5.69 Å². The molecule has 0 saturated heterocycles. The molecule has 0 fully saturated rings. The smallest absolute Gasteiger partial charge is 0.217 e. The normalized spacial score (nSPS) is 10.1. The molecule has 16 heavy (non-hydrogen) atoms. The molecule has 5 heteroatoms. The molecular formula is C11H12N4O. The zero-order chi connectivity index (χ0) is 11.4. The van der Waals surface area contributed by atoms with E-state index in [9.17, 15) is 4.79 Å². The lowest BCUT2D eigenvalue weighted by molar-refractivity contribution is -0.119. The highest BCUT2D eigenvalue weighted by Crippen LogP contribution is 2.08. The van der Waals surface area contributed by atoms with Crippen molar-refractivity contribution >= 4 is 5.91 Å². The van der Waals surface area contributed by atoms with E-state index in [0.29, 0.717) is 6.54 Å². The quantitative estimate of drug-likeness (QED) is 0.829. The van der Waals surface area contributed by atoms with Crippen molar-refractivity contribution in [1.82, 2.24) is 20.3 Å². The van der Waals surface area contributed by atoms with Gasteiger partial charge in [0.1, 0.15) is 0 Å². The van der Waals surface area contributed by atoms with E-state index < -0.39 is 0 Å². The summed E-state index contributed by atoms with van der Waals surface area (Å²) in [5, 5.41) is 10.5. The molecule has 0 aliphatic carbocycles. The zero-order valence-electron chi connectivity index (χ0n) is 8.92. The largest absolute Gasteiger partial charge is 0.351 e. The SMILES string of the molecule is CC(=O)NCc1cnnn1-c1ccccc1. The highest BCUT2D eigenvalue weighted by atomic mass is 16.1. The van der Waals surface area contributed by atoms with Crippen LogP contribution in [0.5, 0.6) is 0 Å². The van der Waals surface area contributed by atoms with Gasteiger partial charge in [-0.25, -0.2) is 4.68 Å². The van der Waals surface area contributed by atoms with Gasteiger partial charge >= 0.3 is 0 Å². The molecule has 1 N–H and O–H groups in total. The molecule has 0 spiro atoms. The first-order chi connectivity index (χ1) is 7.77. The van der Waals surface area contributed by atoms with Crippen LogP contribution in [-0.4, -0.2) is 20.9 Å². The molecule has 1 heterocycles. The summed E-state index contributed by atoms with van der Waals surface area (Å²) in [6.45, 7) is 1.91. The van der Waals surface area contributed by atoms with Crippen molar-refractivity contribution in [2.75, 3.05) is 0 Å².